The number of nitrogens with one attached hydrogen (secondary N) is 1. The van der Waals surface area contributed by atoms with Crippen molar-refractivity contribution in [3.8, 4) is 0 Å². The smallest absolute Gasteiger partial charge is 0.324 e. The van der Waals surface area contributed by atoms with Gasteiger partial charge in [-0.1, -0.05) is 6.92 Å². The van der Waals surface area contributed by atoms with Crippen molar-refractivity contribution in [1.29, 1.82) is 0 Å². The minimum absolute atomic E-state index is 0.106. The van der Waals surface area contributed by atoms with Crippen LogP contribution in [0.25, 0.3) is 0 Å². The van der Waals surface area contributed by atoms with Crippen molar-refractivity contribution >= 4 is 16.2 Å². The standard InChI is InChI=1S/C12H24N2O5S/c1-4-19-12(16)11-6-5-7-14(11)20(17,18)13-10(3)9(2)8-15/h9-11,13,15H,4-8H2,1-3H3. The number of rotatable bonds is 7. The molecule has 2 N–H and O–H groups in total. The lowest BCUT2D eigenvalue weighted by atomic mass is 10.1. The molecule has 1 saturated heterocycles. The van der Waals surface area contributed by atoms with Gasteiger partial charge < -0.3 is 9.84 Å². The van der Waals surface area contributed by atoms with Crippen LogP contribution in [0.5, 0.6) is 0 Å². The second kappa shape index (κ2) is 7.35. The van der Waals surface area contributed by atoms with Crippen molar-refractivity contribution in [1.82, 2.24) is 9.03 Å². The monoisotopic (exact) mass is 308 g/mol. The third-order valence-corrected chi connectivity index (χ3v) is 5.27. The normalized spacial score (nSPS) is 23.5. The summed E-state index contributed by atoms with van der Waals surface area (Å²) < 4.78 is 33.2. The van der Waals surface area contributed by atoms with E-state index in [0.29, 0.717) is 19.4 Å². The molecular formula is C12H24N2O5S. The summed E-state index contributed by atoms with van der Waals surface area (Å²) in [5, 5.41) is 9.06. The molecule has 1 heterocycles. The third kappa shape index (κ3) is 4.15. The van der Waals surface area contributed by atoms with E-state index in [2.05, 4.69) is 4.72 Å². The largest absolute Gasteiger partial charge is 0.465 e. The lowest BCUT2D eigenvalue weighted by molar-refractivity contribution is -0.146. The van der Waals surface area contributed by atoms with Gasteiger partial charge in [-0.3, -0.25) is 4.79 Å². The first-order chi connectivity index (χ1) is 9.33. The topological polar surface area (TPSA) is 95.9 Å². The van der Waals surface area contributed by atoms with E-state index in [1.165, 1.54) is 0 Å². The van der Waals surface area contributed by atoms with Crippen molar-refractivity contribution in [3.05, 3.63) is 0 Å². The summed E-state index contributed by atoms with van der Waals surface area (Å²) >= 11 is 0. The number of hydrogen-bond donors (Lipinski definition) is 2. The molecule has 118 valence electrons. The van der Waals surface area contributed by atoms with E-state index in [9.17, 15) is 13.2 Å². The summed E-state index contributed by atoms with van der Waals surface area (Å²) in [5.41, 5.74) is 0. The Labute approximate surface area is 120 Å². The molecule has 0 aliphatic carbocycles. The van der Waals surface area contributed by atoms with Crippen LogP contribution in [0.3, 0.4) is 0 Å². The Morgan fingerprint density at radius 3 is 2.70 bits per heavy atom. The molecule has 1 rings (SSSR count). The van der Waals surface area contributed by atoms with Gasteiger partial charge in [-0.2, -0.15) is 17.4 Å². The number of carbonyl (C=O) groups excluding carboxylic acids is 1. The summed E-state index contributed by atoms with van der Waals surface area (Å²) in [5.74, 6) is -0.702. The van der Waals surface area contributed by atoms with Gasteiger partial charge in [0, 0.05) is 19.2 Å². The van der Waals surface area contributed by atoms with E-state index >= 15 is 0 Å². The maximum absolute atomic E-state index is 12.3. The predicted molar refractivity (Wildman–Crippen MR) is 74.1 cm³/mol. The van der Waals surface area contributed by atoms with Gasteiger partial charge in [0.25, 0.3) is 10.2 Å². The number of aliphatic hydroxyl groups is 1. The van der Waals surface area contributed by atoms with Crippen molar-refractivity contribution in [2.24, 2.45) is 5.92 Å². The summed E-state index contributed by atoms with van der Waals surface area (Å²) in [4.78, 5) is 11.8. The summed E-state index contributed by atoms with van der Waals surface area (Å²) in [7, 11) is -3.76. The quantitative estimate of drug-likeness (QED) is 0.639. The first-order valence-corrected chi connectivity index (χ1v) is 8.34. The lowest BCUT2D eigenvalue weighted by Crippen LogP contribution is -2.50. The van der Waals surface area contributed by atoms with E-state index in [0.717, 1.165) is 4.31 Å². The van der Waals surface area contributed by atoms with Crippen LogP contribution in [0.2, 0.25) is 0 Å². The van der Waals surface area contributed by atoms with Crippen LogP contribution in [0, 0.1) is 5.92 Å². The first kappa shape index (κ1) is 17.4. The maximum Gasteiger partial charge on any atom is 0.324 e. The van der Waals surface area contributed by atoms with Gasteiger partial charge in [-0.15, -0.1) is 0 Å². The number of carbonyl (C=O) groups is 1. The number of nitrogens with zero attached hydrogens (tertiary/aromatic N) is 1. The van der Waals surface area contributed by atoms with Gasteiger partial charge in [0.15, 0.2) is 0 Å². The van der Waals surface area contributed by atoms with Crippen LogP contribution >= 0.6 is 0 Å². The molecule has 0 aromatic heterocycles. The van der Waals surface area contributed by atoms with Gasteiger partial charge in [0.1, 0.15) is 6.04 Å². The van der Waals surface area contributed by atoms with Crippen LogP contribution in [-0.2, 0) is 19.7 Å². The van der Waals surface area contributed by atoms with E-state index in [1.807, 2.05) is 0 Å². The molecule has 20 heavy (non-hydrogen) atoms. The zero-order valence-electron chi connectivity index (χ0n) is 12.2. The number of ether oxygens (including phenoxy) is 1. The third-order valence-electron chi connectivity index (χ3n) is 3.55. The molecule has 0 amide bonds. The van der Waals surface area contributed by atoms with Crippen molar-refractivity contribution in [2.45, 2.75) is 45.7 Å². The van der Waals surface area contributed by atoms with Crippen molar-refractivity contribution in [3.63, 3.8) is 0 Å². The summed E-state index contributed by atoms with van der Waals surface area (Å²) in [6, 6.07) is -1.16. The molecule has 0 radical (unpaired) electrons. The second-order valence-corrected chi connectivity index (χ2v) is 6.75. The predicted octanol–water partition coefficient (Wildman–Crippen LogP) is -0.135. The number of aliphatic hydroxyl groups excluding tert-OH is 1. The highest BCUT2D eigenvalue weighted by molar-refractivity contribution is 7.87. The Balaban J connectivity index is 2.77. The molecule has 0 bridgehead atoms. The van der Waals surface area contributed by atoms with Crippen molar-refractivity contribution in [2.75, 3.05) is 19.8 Å². The van der Waals surface area contributed by atoms with Crippen LogP contribution in [-0.4, -0.2) is 55.6 Å². The fraction of sp³-hybridized carbons (Fsp3) is 0.917. The Morgan fingerprint density at radius 1 is 1.50 bits per heavy atom. The zero-order chi connectivity index (χ0) is 15.3. The summed E-state index contributed by atoms with van der Waals surface area (Å²) in [6.45, 7) is 5.56. The van der Waals surface area contributed by atoms with Crippen molar-refractivity contribution < 1.29 is 23.1 Å². The average molecular weight is 308 g/mol. The molecule has 1 aliphatic rings. The highest BCUT2D eigenvalue weighted by Gasteiger charge is 2.40. The molecule has 7 nitrogen and oxygen atoms in total. The second-order valence-electron chi connectivity index (χ2n) is 5.09. The van der Waals surface area contributed by atoms with E-state index < -0.39 is 28.3 Å². The SMILES string of the molecule is CCOC(=O)C1CCCN1S(=O)(=O)NC(C)C(C)CO. The molecule has 1 aliphatic heterocycles. The molecule has 0 spiro atoms. The summed E-state index contributed by atoms with van der Waals surface area (Å²) in [6.07, 6.45) is 1.11. The van der Waals surface area contributed by atoms with Gasteiger partial charge >= 0.3 is 5.97 Å². The Hall–Kier alpha value is -0.700. The van der Waals surface area contributed by atoms with Crippen LogP contribution in [0.1, 0.15) is 33.6 Å². The average Bonchev–Trinajstić information content (AvgIpc) is 2.87. The fourth-order valence-electron chi connectivity index (χ4n) is 2.08. The first-order valence-electron chi connectivity index (χ1n) is 6.90. The molecule has 1 fully saturated rings. The Kier molecular flexibility index (Phi) is 6.38. The molecule has 0 aromatic carbocycles. The number of esters is 1. The van der Waals surface area contributed by atoms with Crippen LogP contribution in [0.4, 0.5) is 0 Å². The van der Waals surface area contributed by atoms with E-state index in [1.54, 1.807) is 20.8 Å². The zero-order valence-corrected chi connectivity index (χ0v) is 13.0. The fourth-order valence-corrected chi connectivity index (χ4v) is 3.81. The van der Waals surface area contributed by atoms with Gasteiger partial charge in [0.05, 0.1) is 6.61 Å². The maximum atomic E-state index is 12.3. The van der Waals surface area contributed by atoms with Gasteiger partial charge in [-0.05, 0) is 32.6 Å². The highest BCUT2D eigenvalue weighted by atomic mass is 32.2. The molecule has 8 heteroatoms. The minimum Gasteiger partial charge on any atom is -0.465 e. The van der Waals surface area contributed by atoms with E-state index in [4.69, 9.17) is 9.84 Å². The van der Waals surface area contributed by atoms with Gasteiger partial charge in [0.2, 0.25) is 0 Å². The molecule has 0 saturated carbocycles. The Morgan fingerprint density at radius 2 is 2.15 bits per heavy atom. The molecule has 3 unspecified atom stereocenters. The molecule has 3 atom stereocenters. The molecular weight excluding hydrogens is 284 g/mol. The van der Waals surface area contributed by atoms with Gasteiger partial charge in [-0.25, -0.2) is 0 Å². The lowest BCUT2D eigenvalue weighted by Gasteiger charge is -2.26. The highest BCUT2D eigenvalue weighted by Crippen LogP contribution is 2.22. The van der Waals surface area contributed by atoms with Crippen LogP contribution < -0.4 is 4.72 Å². The van der Waals surface area contributed by atoms with E-state index in [-0.39, 0.29) is 19.1 Å². The minimum atomic E-state index is -3.76. The van der Waals surface area contributed by atoms with Crippen LogP contribution in [0.15, 0.2) is 0 Å². The Bertz CT molecular complexity index is 426. The molecule has 0 aromatic rings. The number of hydrogen-bond acceptors (Lipinski definition) is 5.